The fourth-order valence-electron chi connectivity index (χ4n) is 1.30. The predicted octanol–water partition coefficient (Wildman–Crippen LogP) is 3.12. The topological polar surface area (TPSA) is 17.8 Å². The molecule has 0 amide bonds. The van der Waals surface area contributed by atoms with E-state index in [0.717, 1.165) is 11.3 Å². The zero-order valence-electron chi connectivity index (χ0n) is 8.19. The SMILES string of the molecule is Cc1ccc(-n2ccc(C(F)F)n2)cc1. The standard InChI is InChI=1S/C11H10F2N2/c1-8-2-4-9(5-3-8)15-7-6-10(14-15)11(12)13/h2-7,11H,1H3. The molecule has 0 bridgehead atoms. The Kier molecular flexibility index (Phi) is 2.49. The van der Waals surface area contributed by atoms with Crippen LogP contribution in [0.25, 0.3) is 5.69 Å². The van der Waals surface area contributed by atoms with Gasteiger partial charge in [-0.25, -0.2) is 13.5 Å². The number of aryl methyl sites for hydroxylation is 1. The number of hydrogen-bond acceptors (Lipinski definition) is 1. The Morgan fingerprint density at radius 2 is 1.80 bits per heavy atom. The number of benzene rings is 1. The Balaban J connectivity index is 2.33. The first kappa shape index (κ1) is 9.83. The van der Waals surface area contributed by atoms with Gasteiger partial charge in [0.15, 0.2) is 0 Å². The van der Waals surface area contributed by atoms with Crippen molar-refractivity contribution in [2.45, 2.75) is 13.3 Å². The molecule has 0 unspecified atom stereocenters. The van der Waals surface area contributed by atoms with Crippen LogP contribution in [0.3, 0.4) is 0 Å². The maximum Gasteiger partial charge on any atom is 0.282 e. The lowest BCUT2D eigenvalue weighted by Crippen LogP contribution is -1.96. The third-order valence-corrected chi connectivity index (χ3v) is 2.13. The molecule has 1 aromatic carbocycles. The molecule has 0 saturated carbocycles. The van der Waals surface area contributed by atoms with Crippen molar-refractivity contribution in [3.63, 3.8) is 0 Å². The molecule has 0 saturated heterocycles. The third kappa shape index (κ3) is 2.03. The van der Waals surface area contributed by atoms with Gasteiger partial charge in [0.05, 0.1) is 5.69 Å². The van der Waals surface area contributed by atoms with Gasteiger partial charge in [-0.1, -0.05) is 17.7 Å². The van der Waals surface area contributed by atoms with Crippen molar-refractivity contribution in [2.75, 3.05) is 0 Å². The minimum atomic E-state index is -2.52. The maximum absolute atomic E-state index is 12.3. The minimum Gasteiger partial charge on any atom is -0.241 e. The summed E-state index contributed by atoms with van der Waals surface area (Å²) in [7, 11) is 0. The van der Waals surface area contributed by atoms with Crippen LogP contribution >= 0.6 is 0 Å². The fraction of sp³-hybridized carbons (Fsp3) is 0.182. The lowest BCUT2D eigenvalue weighted by atomic mass is 10.2. The summed E-state index contributed by atoms with van der Waals surface area (Å²) in [5.74, 6) is 0. The first-order valence-electron chi connectivity index (χ1n) is 4.57. The summed E-state index contributed by atoms with van der Waals surface area (Å²) in [4.78, 5) is 0. The highest BCUT2D eigenvalue weighted by molar-refractivity contribution is 5.33. The third-order valence-electron chi connectivity index (χ3n) is 2.13. The Hall–Kier alpha value is -1.71. The molecule has 4 heteroatoms. The molecule has 15 heavy (non-hydrogen) atoms. The molecule has 78 valence electrons. The van der Waals surface area contributed by atoms with E-state index in [9.17, 15) is 8.78 Å². The maximum atomic E-state index is 12.3. The van der Waals surface area contributed by atoms with Gasteiger partial charge in [-0.2, -0.15) is 5.10 Å². The summed E-state index contributed by atoms with van der Waals surface area (Å²) < 4.78 is 26.0. The minimum absolute atomic E-state index is 0.199. The predicted molar refractivity (Wildman–Crippen MR) is 53.3 cm³/mol. The van der Waals surface area contributed by atoms with Crippen LogP contribution in [0.1, 0.15) is 17.7 Å². The van der Waals surface area contributed by atoms with E-state index in [2.05, 4.69) is 5.10 Å². The van der Waals surface area contributed by atoms with E-state index < -0.39 is 6.43 Å². The molecular formula is C11H10F2N2. The molecule has 0 aliphatic heterocycles. The first-order chi connectivity index (χ1) is 7.16. The molecule has 2 nitrogen and oxygen atoms in total. The number of alkyl halides is 2. The van der Waals surface area contributed by atoms with Crippen LogP contribution in [-0.4, -0.2) is 9.78 Å². The summed E-state index contributed by atoms with van der Waals surface area (Å²) in [6, 6.07) is 8.85. The molecule has 0 aliphatic carbocycles. The van der Waals surface area contributed by atoms with E-state index in [0.29, 0.717) is 0 Å². The second-order valence-electron chi connectivity index (χ2n) is 3.32. The lowest BCUT2D eigenvalue weighted by Gasteiger charge is -2.01. The lowest BCUT2D eigenvalue weighted by molar-refractivity contribution is 0.145. The van der Waals surface area contributed by atoms with E-state index in [4.69, 9.17) is 0 Å². The second-order valence-corrected chi connectivity index (χ2v) is 3.32. The molecule has 0 radical (unpaired) electrons. The quantitative estimate of drug-likeness (QED) is 0.741. The van der Waals surface area contributed by atoms with Crippen LogP contribution in [0.2, 0.25) is 0 Å². The Morgan fingerprint density at radius 1 is 1.13 bits per heavy atom. The van der Waals surface area contributed by atoms with E-state index in [1.54, 1.807) is 0 Å². The number of aromatic nitrogens is 2. The van der Waals surface area contributed by atoms with Gasteiger partial charge in [0.2, 0.25) is 0 Å². The monoisotopic (exact) mass is 208 g/mol. The Morgan fingerprint density at radius 3 is 2.33 bits per heavy atom. The first-order valence-corrected chi connectivity index (χ1v) is 4.57. The van der Waals surface area contributed by atoms with Gasteiger partial charge in [-0.05, 0) is 25.1 Å². The largest absolute Gasteiger partial charge is 0.282 e. The zero-order chi connectivity index (χ0) is 10.8. The van der Waals surface area contributed by atoms with Gasteiger partial charge in [-0.15, -0.1) is 0 Å². The van der Waals surface area contributed by atoms with Crippen LogP contribution < -0.4 is 0 Å². The van der Waals surface area contributed by atoms with E-state index in [-0.39, 0.29) is 5.69 Å². The van der Waals surface area contributed by atoms with E-state index in [1.807, 2.05) is 31.2 Å². The van der Waals surface area contributed by atoms with Gasteiger partial charge in [0.1, 0.15) is 5.69 Å². The summed E-state index contributed by atoms with van der Waals surface area (Å²) >= 11 is 0. The molecule has 0 atom stereocenters. The average molecular weight is 208 g/mol. The number of hydrogen-bond donors (Lipinski definition) is 0. The van der Waals surface area contributed by atoms with Crippen LogP contribution in [0.4, 0.5) is 8.78 Å². The highest BCUT2D eigenvalue weighted by atomic mass is 19.3. The summed E-state index contributed by atoms with van der Waals surface area (Å²) in [5.41, 5.74) is 1.71. The highest BCUT2D eigenvalue weighted by Crippen LogP contribution is 2.17. The number of nitrogens with zero attached hydrogens (tertiary/aromatic N) is 2. The zero-order valence-corrected chi connectivity index (χ0v) is 8.19. The van der Waals surface area contributed by atoms with Crippen LogP contribution in [0.15, 0.2) is 36.5 Å². The molecule has 0 N–H and O–H groups in total. The van der Waals surface area contributed by atoms with Crippen molar-refractivity contribution in [1.82, 2.24) is 9.78 Å². The second kappa shape index (κ2) is 3.81. The highest BCUT2D eigenvalue weighted by Gasteiger charge is 2.10. The van der Waals surface area contributed by atoms with Gasteiger partial charge < -0.3 is 0 Å². The van der Waals surface area contributed by atoms with Crippen molar-refractivity contribution in [1.29, 1.82) is 0 Å². The summed E-state index contributed by atoms with van der Waals surface area (Å²) in [6.45, 7) is 1.97. The van der Waals surface area contributed by atoms with Gasteiger partial charge in [0.25, 0.3) is 6.43 Å². The normalized spacial score (nSPS) is 10.9. The molecule has 1 aromatic heterocycles. The van der Waals surface area contributed by atoms with Crippen molar-refractivity contribution in [3.8, 4) is 5.69 Å². The smallest absolute Gasteiger partial charge is 0.241 e. The van der Waals surface area contributed by atoms with Crippen LogP contribution in [0, 0.1) is 6.92 Å². The van der Waals surface area contributed by atoms with Crippen molar-refractivity contribution in [2.24, 2.45) is 0 Å². The van der Waals surface area contributed by atoms with Crippen molar-refractivity contribution >= 4 is 0 Å². The molecule has 2 aromatic rings. The fourth-order valence-corrected chi connectivity index (χ4v) is 1.30. The van der Waals surface area contributed by atoms with Crippen molar-refractivity contribution in [3.05, 3.63) is 47.8 Å². The molecule has 0 aliphatic rings. The molecule has 2 rings (SSSR count). The van der Waals surface area contributed by atoms with Crippen molar-refractivity contribution < 1.29 is 8.78 Å². The Labute approximate surface area is 86.2 Å². The Bertz CT molecular complexity index is 446. The van der Waals surface area contributed by atoms with Gasteiger partial charge in [0, 0.05) is 6.20 Å². The number of rotatable bonds is 2. The summed E-state index contributed by atoms with van der Waals surface area (Å²) in [6.07, 6.45) is -0.983. The van der Waals surface area contributed by atoms with Crippen LogP contribution in [0.5, 0.6) is 0 Å². The van der Waals surface area contributed by atoms with Gasteiger partial charge >= 0.3 is 0 Å². The van der Waals surface area contributed by atoms with E-state index in [1.165, 1.54) is 16.9 Å². The van der Waals surface area contributed by atoms with Crippen LogP contribution in [-0.2, 0) is 0 Å². The molecule has 0 spiro atoms. The molecule has 0 fully saturated rings. The average Bonchev–Trinajstić information content (AvgIpc) is 2.68. The molecular weight excluding hydrogens is 198 g/mol. The summed E-state index contributed by atoms with van der Waals surface area (Å²) in [5, 5.41) is 3.78. The van der Waals surface area contributed by atoms with Gasteiger partial charge in [-0.3, -0.25) is 0 Å². The van der Waals surface area contributed by atoms with E-state index >= 15 is 0 Å². The number of halogens is 2. The molecule has 1 heterocycles.